The van der Waals surface area contributed by atoms with Gasteiger partial charge in [-0.3, -0.25) is 4.98 Å². The van der Waals surface area contributed by atoms with Crippen molar-refractivity contribution in [2.24, 2.45) is 0 Å². The van der Waals surface area contributed by atoms with E-state index in [1.54, 1.807) is 12.4 Å². The van der Waals surface area contributed by atoms with Crippen LogP contribution in [-0.2, 0) is 0 Å². The molecule has 0 bridgehead atoms. The molecule has 1 saturated carbocycles. The third kappa shape index (κ3) is 2.99. The largest absolute Gasteiger partial charge is 0.263 e. The molecule has 3 nitrogen and oxygen atoms in total. The predicted octanol–water partition coefficient (Wildman–Crippen LogP) is 5.22. The van der Waals surface area contributed by atoms with Crippen molar-refractivity contribution in [1.29, 1.82) is 0 Å². The van der Waals surface area contributed by atoms with Crippen molar-refractivity contribution < 1.29 is 0 Å². The van der Waals surface area contributed by atoms with Gasteiger partial charge < -0.3 is 0 Å². The maximum atomic E-state index is 6.30. The van der Waals surface area contributed by atoms with Gasteiger partial charge in [-0.25, -0.2) is 9.97 Å². The Balaban J connectivity index is 2.08. The van der Waals surface area contributed by atoms with Gasteiger partial charge in [0.1, 0.15) is 5.15 Å². The highest BCUT2D eigenvalue weighted by Crippen LogP contribution is 2.37. The van der Waals surface area contributed by atoms with Crippen LogP contribution in [0.25, 0.3) is 11.4 Å². The van der Waals surface area contributed by atoms with E-state index in [2.05, 4.69) is 48.5 Å². The molecule has 1 aliphatic rings. The molecule has 1 aliphatic carbocycles. The van der Waals surface area contributed by atoms with Crippen LogP contribution in [0, 0.1) is 3.57 Å². The van der Waals surface area contributed by atoms with Crippen LogP contribution >= 0.6 is 50.1 Å². The number of aromatic nitrogens is 3. The van der Waals surface area contributed by atoms with Gasteiger partial charge in [-0.05, 0) is 57.4 Å². The fraction of sp³-hybridized carbons (Fsp3) is 0.357. The van der Waals surface area contributed by atoms with Crippen LogP contribution in [0.3, 0.4) is 0 Å². The number of hydrogen-bond donors (Lipinski definition) is 0. The zero-order chi connectivity index (χ0) is 14.1. The second-order valence-corrected chi connectivity index (χ2v) is 7.26. The molecular weight excluding hydrogens is 452 g/mol. The van der Waals surface area contributed by atoms with Crippen molar-refractivity contribution in [3.8, 4) is 11.4 Å². The number of halogens is 3. The Hall–Kier alpha value is -0.270. The van der Waals surface area contributed by atoms with Crippen molar-refractivity contribution in [3.63, 3.8) is 0 Å². The molecule has 0 aromatic carbocycles. The fourth-order valence-electron chi connectivity index (χ4n) is 2.57. The van der Waals surface area contributed by atoms with Crippen LogP contribution in [0.4, 0.5) is 0 Å². The smallest absolute Gasteiger partial charge is 0.162 e. The summed E-state index contributed by atoms with van der Waals surface area (Å²) in [4.78, 5) is 13.3. The summed E-state index contributed by atoms with van der Waals surface area (Å²) in [6, 6.07) is 1.96. The van der Waals surface area contributed by atoms with Gasteiger partial charge in [0.25, 0.3) is 0 Å². The molecule has 3 rings (SSSR count). The molecule has 2 aromatic rings. The minimum atomic E-state index is 0.515. The highest BCUT2D eigenvalue weighted by atomic mass is 127. The third-order valence-electron chi connectivity index (χ3n) is 3.54. The molecule has 104 valence electrons. The minimum Gasteiger partial charge on any atom is -0.263 e. The molecule has 0 saturated heterocycles. The molecule has 0 N–H and O–H groups in total. The zero-order valence-electron chi connectivity index (χ0n) is 10.6. The van der Waals surface area contributed by atoms with Crippen LogP contribution in [0.2, 0.25) is 5.15 Å². The summed E-state index contributed by atoms with van der Waals surface area (Å²) >= 11 is 12.0. The second kappa shape index (κ2) is 6.23. The first-order valence-electron chi connectivity index (χ1n) is 6.49. The molecule has 0 aliphatic heterocycles. The van der Waals surface area contributed by atoms with E-state index in [1.807, 2.05) is 6.07 Å². The SMILES string of the molecule is Clc1nc(-c2cncc(Br)c2)nc(C2CCCC2)c1I. The third-order valence-corrected chi connectivity index (χ3v) is 5.63. The highest BCUT2D eigenvalue weighted by Gasteiger charge is 2.23. The highest BCUT2D eigenvalue weighted by molar-refractivity contribution is 14.1. The average molecular weight is 465 g/mol. The Labute approximate surface area is 144 Å². The topological polar surface area (TPSA) is 38.7 Å². The van der Waals surface area contributed by atoms with Crippen molar-refractivity contribution >= 4 is 50.1 Å². The van der Waals surface area contributed by atoms with Crippen LogP contribution < -0.4 is 0 Å². The number of rotatable bonds is 2. The molecule has 0 amide bonds. The Bertz CT molecular complexity index is 644. The van der Waals surface area contributed by atoms with Gasteiger partial charge in [0.15, 0.2) is 5.82 Å². The van der Waals surface area contributed by atoms with E-state index in [-0.39, 0.29) is 0 Å². The van der Waals surface area contributed by atoms with Crippen LogP contribution in [0.15, 0.2) is 22.9 Å². The summed E-state index contributed by atoms with van der Waals surface area (Å²) in [6.45, 7) is 0. The van der Waals surface area contributed by atoms with Crippen molar-refractivity contribution in [2.45, 2.75) is 31.6 Å². The summed E-state index contributed by atoms with van der Waals surface area (Å²) in [7, 11) is 0. The van der Waals surface area contributed by atoms with Gasteiger partial charge in [0.05, 0.1) is 9.26 Å². The van der Waals surface area contributed by atoms with E-state index < -0.39 is 0 Å². The first kappa shape index (κ1) is 14.7. The van der Waals surface area contributed by atoms with Gasteiger partial charge in [-0.2, -0.15) is 0 Å². The zero-order valence-corrected chi connectivity index (χ0v) is 15.1. The lowest BCUT2D eigenvalue weighted by atomic mass is 10.0. The van der Waals surface area contributed by atoms with E-state index in [9.17, 15) is 0 Å². The average Bonchev–Trinajstić information content (AvgIpc) is 2.95. The maximum Gasteiger partial charge on any atom is 0.162 e. The van der Waals surface area contributed by atoms with E-state index in [0.717, 1.165) is 19.3 Å². The molecule has 0 atom stereocenters. The van der Waals surface area contributed by atoms with E-state index in [0.29, 0.717) is 16.9 Å². The lowest BCUT2D eigenvalue weighted by Gasteiger charge is -2.13. The Morgan fingerprint density at radius 1 is 1.20 bits per heavy atom. The lowest BCUT2D eigenvalue weighted by Crippen LogP contribution is -2.04. The molecular formula is C14H12BrClIN3. The van der Waals surface area contributed by atoms with Crippen LogP contribution in [0.1, 0.15) is 37.3 Å². The van der Waals surface area contributed by atoms with Crippen molar-refractivity contribution in [2.75, 3.05) is 0 Å². The normalized spacial score (nSPS) is 15.8. The molecule has 0 spiro atoms. The van der Waals surface area contributed by atoms with Crippen molar-refractivity contribution in [3.05, 3.63) is 37.3 Å². The van der Waals surface area contributed by atoms with E-state index in [1.165, 1.54) is 25.7 Å². The minimum absolute atomic E-state index is 0.515. The standard InChI is InChI=1S/C14H12BrClIN3/c15-10-5-9(6-18-7-10)14-19-12(8-3-1-2-4-8)11(17)13(16)20-14/h5-8H,1-4H2. The van der Waals surface area contributed by atoms with E-state index >= 15 is 0 Å². The monoisotopic (exact) mass is 463 g/mol. The van der Waals surface area contributed by atoms with Gasteiger partial charge in [0.2, 0.25) is 0 Å². The first-order chi connectivity index (χ1) is 9.65. The summed E-state index contributed by atoms with van der Waals surface area (Å²) in [5.41, 5.74) is 1.98. The Kier molecular flexibility index (Phi) is 4.57. The lowest BCUT2D eigenvalue weighted by molar-refractivity contribution is 0.690. The first-order valence-corrected chi connectivity index (χ1v) is 8.74. The quantitative estimate of drug-likeness (QED) is 0.452. The van der Waals surface area contributed by atoms with Gasteiger partial charge in [0, 0.05) is 28.3 Å². The molecule has 0 radical (unpaired) electrons. The van der Waals surface area contributed by atoms with Crippen LogP contribution in [-0.4, -0.2) is 15.0 Å². The molecule has 1 fully saturated rings. The summed E-state index contributed by atoms with van der Waals surface area (Å²) in [5, 5.41) is 0.539. The fourth-order valence-corrected chi connectivity index (χ4v) is 3.79. The second-order valence-electron chi connectivity index (χ2n) is 4.91. The Morgan fingerprint density at radius 3 is 2.65 bits per heavy atom. The maximum absolute atomic E-state index is 6.30. The predicted molar refractivity (Wildman–Crippen MR) is 91.9 cm³/mol. The summed E-state index contributed by atoms with van der Waals surface area (Å²) in [5.74, 6) is 1.17. The van der Waals surface area contributed by atoms with Gasteiger partial charge in [-0.15, -0.1) is 0 Å². The Morgan fingerprint density at radius 2 is 1.95 bits per heavy atom. The summed E-state index contributed by atoms with van der Waals surface area (Å²) in [6.07, 6.45) is 8.45. The number of nitrogens with zero attached hydrogens (tertiary/aromatic N) is 3. The number of hydrogen-bond acceptors (Lipinski definition) is 3. The van der Waals surface area contributed by atoms with Crippen molar-refractivity contribution in [1.82, 2.24) is 15.0 Å². The number of pyridine rings is 1. The molecule has 2 aromatic heterocycles. The summed E-state index contributed by atoms with van der Waals surface area (Å²) < 4.78 is 1.90. The molecule has 6 heteroatoms. The van der Waals surface area contributed by atoms with Crippen LogP contribution in [0.5, 0.6) is 0 Å². The van der Waals surface area contributed by atoms with Gasteiger partial charge in [-0.1, -0.05) is 24.4 Å². The van der Waals surface area contributed by atoms with E-state index in [4.69, 9.17) is 16.6 Å². The van der Waals surface area contributed by atoms with Gasteiger partial charge >= 0.3 is 0 Å². The molecule has 20 heavy (non-hydrogen) atoms. The molecule has 2 heterocycles. The molecule has 0 unspecified atom stereocenters.